The Bertz CT molecular complexity index is 905. The van der Waals surface area contributed by atoms with Gasteiger partial charge in [0.25, 0.3) is 5.91 Å². The van der Waals surface area contributed by atoms with E-state index in [0.717, 1.165) is 34.9 Å². The van der Waals surface area contributed by atoms with Crippen molar-refractivity contribution >= 4 is 45.0 Å². The van der Waals surface area contributed by atoms with Crippen LogP contribution in [-0.4, -0.2) is 52.8 Å². The second-order valence-electron chi connectivity index (χ2n) is 6.64. The highest BCUT2D eigenvalue weighted by Crippen LogP contribution is 2.30. The Balaban J connectivity index is 0.00000261. The van der Waals surface area contributed by atoms with Gasteiger partial charge < -0.3 is 4.90 Å². The number of hydrogen-bond acceptors (Lipinski definition) is 5. The summed E-state index contributed by atoms with van der Waals surface area (Å²) in [5, 5.41) is 5.11. The van der Waals surface area contributed by atoms with Crippen LogP contribution in [0.1, 0.15) is 29.4 Å². The number of fused-ring (bicyclic) bond motifs is 1. The molecule has 1 aromatic carbocycles. The average molecular weight is 408 g/mol. The molecule has 0 aliphatic rings. The van der Waals surface area contributed by atoms with Crippen LogP contribution in [0.4, 0.5) is 5.13 Å². The Hall–Kier alpha value is -1.96. The minimum atomic E-state index is -0.0910. The number of aryl methyl sites for hydroxylation is 2. The summed E-state index contributed by atoms with van der Waals surface area (Å²) in [6, 6.07) is 7.96. The van der Waals surface area contributed by atoms with Crippen molar-refractivity contribution in [3.05, 3.63) is 41.7 Å². The second-order valence-corrected chi connectivity index (χ2v) is 7.65. The number of nitrogens with zero attached hydrogens (tertiary/aromatic N) is 5. The number of anilines is 1. The van der Waals surface area contributed by atoms with E-state index in [4.69, 9.17) is 4.98 Å². The number of halogens is 1. The first kappa shape index (κ1) is 21.3. The largest absolute Gasteiger partial charge is 0.309 e. The summed E-state index contributed by atoms with van der Waals surface area (Å²) in [5.41, 5.74) is 2.59. The summed E-state index contributed by atoms with van der Waals surface area (Å²) < 4.78 is 2.87. The highest BCUT2D eigenvalue weighted by Gasteiger charge is 2.23. The molecular formula is C19H26ClN5OS. The lowest BCUT2D eigenvalue weighted by atomic mass is 10.2. The lowest BCUT2D eigenvalue weighted by Crippen LogP contribution is -2.33. The van der Waals surface area contributed by atoms with E-state index in [1.165, 1.54) is 5.56 Å². The van der Waals surface area contributed by atoms with Gasteiger partial charge in [-0.05, 0) is 64.7 Å². The average Bonchev–Trinajstić information content (AvgIpc) is 3.24. The molecule has 27 heavy (non-hydrogen) atoms. The second kappa shape index (κ2) is 9.30. The first-order valence-corrected chi connectivity index (χ1v) is 9.67. The lowest BCUT2D eigenvalue weighted by molar-refractivity contribution is 0.0980. The Labute approximate surface area is 170 Å². The van der Waals surface area contributed by atoms with Gasteiger partial charge in [-0.25, -0.2) is 4.98 Å². The topological polar surface area (TPSA) is 54.3 Å². The third-order valence-electron chi connectivity index (χ3n) is 4.18. The van der Waals surface area contributed by atoms with Crippen molar-refractivity contribution in [3.8, 4) is 0 Å². The van der Waals surface area contributed by atoms with Crippen molar-refractivity contribution in [1.29, 1.82) is 0 Å². The summed E-state index contributed by atoms with van der Waals surface area (Å²) in [6.45, 7) is 6.35. The van der Waals surface area contributed by atoms with E-state index in [1.807, 2.05) is 39.3 Å². The van der Waals surface area contributed by atoms with E-state index in [1.54, 1.807) is 27.0 Å². The van der Waals surface area contributed by atoms with E-state index in [9.17, 15) is 4.79 Å². The Kier molecular flexibility index (Phi) is 7.35. The SMILES string of the molecule is CCn1ccc(C(=O)N(CCCN(C)C)c2nc3ccc(C)cc3s2)n1.Cl. The van der Waals surface area contributed by atoms with Crippen LogP contribution in [0.3, 0.4) is 0 Å². The minimum Gasteiger partial charge on any atom is -0.309 e. The van der Waals surface area contributed by atoms with Crippen molar-refractivity contribution in [2.45, 2.75) is 26.8 Å². The summed E-state index contributed by atoms with van der Waals surface area (Å²) in [4.78, 5) is 21.7. The maximum atomic E-state index is 13.1. The zero-order valence-corrected chi connectivity index (χ0v) is 17.8. The molecule has 0 saturated heterocycles. The monoisotopic (exact) mass is 407 g/mol. The van der Waals surface area contributed by atoms with Crippen molar-refractivity contribution in [2.24, 2.45) is 0 Å². The first-order chi connectivity index (χ1) is 12.5. The van der Waals surface area contributed by atoms with Crippen molar-refractivity contribution in [2.75, 3.05) is 32.1 Å². The van der Waals surface area contributed by atoms with Crippen molar-refractivity contribution in [3.63, 3.8) is 0 Å². The normalized spacial score (nSPS) is 11.0. The molecule has 2 heterocycles. The van der Waals surface area contributed by atoms with E-state index < -0.39 is 0 Å². The minimum absolute atomic E-state index is 0. The fourth-order valence-electron chi connectivity index (χ4n) is 2.75. The summed E-state index contributed by atoms with van der Waals surface area (Å²) in [7, 11) is 4.07. The predicted molar refractivity (Wildman–Crippen MR) is 114 cm³/mol. The molecule has 0 atom stereocenters. The number of carbonyl (C=O) groups is 1. The van der Waals surface area contributed by atoms with Crippen LogP contribution in [0.15, 0.2) is 30.5 Å². The van der Waals surface area contributed by atoms with Crippen molar-refractivity contribution in [1.82, 2.24) is 19.7 Å². The van der Waals surface area contributed by atoms with E-state index >= 15 is 0 Å². The quantitative estimate of drug-likeness (QED) is 0.597. The van der Waals surface area contributed by atoms with Crippen LogP contribution in [0.25, 0.3) is 10.2 Å². The molecule has 1 amide bonds. The molecule has 0 spiro atoms. The van der Waals surface area contributed by atoms with Gasteiger partial charge in [0.2, 0.25) is 0 Å². The number of rotatable bonds is 7. The molecule has 3 aromatic rings. The lowest BCUT2D eigenvalue weighted by Gasteiger charge is -2.20. The number of aromatic nitrogens is 3. The van der Waals surface area contributed by atoms with Crippen LogP contribution < -0.4 is 4.90 Å². The summed E-state index contributed by atoms with van der Waals surface area (Å²) in [5.74, 6) is -0.0910. The third kappa shape index (κ3) is 5.06. The van der Waals surface area contributed by atoms with Gasteiger partial charge in [0.15, 0.2) is 10.8 Å². The smallest absolute Gasteiger partial charge is 0.280 e. The molecule has 0 unspecified atom stereocenters. The molecule has 0 radical (unpaired) electrons. The Morgan fingerprint density at radius 1 is 1.22 bits per heavy atom. The fourth-order valence-corrected chi connectivity index (χ4v) is 3.84. The molecule has 0 saturated carbocycles. The standard InChI is InChI=1S/C19H25N5OS.ClH/c1-5-23-12-9-16(21-23)18(25)24(11-6-10-22(3)4)19-20-15-8-7-14(2)13-17(15)26-19;/h7-9,12-13H,5-6,10-11H2,1-4H3;1H. The van der Waals surface area contributed by atoms with Gasteiger partial charge in [-0.2, -0.15) is 5.10 Å². The van der Waals surface area contributed by atoms with Gasteiger partial charge in [0, 0.05) is 19.3 Å². The first-order valence-electron chi connectivity index (χ1n) is 8.85. The molecule has 146 valence electrons. The zero-order valence-electron chi connectivity index (χ0n) is 16.2. The molecule has 6 nitrogen and oxygen atoms in total. The van der Waals surface area contributed by atoms with Gasteiger partial charge in [-0.1, -0.05) is 17.4 Å². The van der Waals surface area contributed by atoms with Crippen LogP contribution in [-0.2, 0) is 6.54 Å². The Morgan fingerprint density at radius 3 is 2.67 bits per heavy atom. The summed E-state index contributed by atoms with van der Waals surface area (Å²) in [6.07, 6.45) is 2.72. The molecule has 0 aliphatic carbocycles. The Morgan fingerprint density at radius 2 is 2.00 bits per heavy atom. The number of carbonyl (C=O) groups excluding carboxylic acids is 1. The van der Waals surface area contributed by atoms with Gasteiger partial charge in [-0.3, -0.25) is 14.4 Å². The highest BCUT2D eigenvalue weighted by molar-refractivity contribution is 7.22. The highest BCUT2D eigenvalue weighted by atomic mass is 35.5. The molecule has 0 aliphatic heterocycles. The van der Waals surface area contributed by atoms with Crippen LogP contribution in [0.2, 0.25) is 0 Å². The van der Waals surface area contributed by atoms with E-state index in [-0.39, 0.29) is 18.3 Å². The number of amides is 1. The van der Waals surface area contributed by atoms with Gasteiger partial charge in [0.05, 0.1) is 10.2 Å². The molecule has 0 fully saturated rings. The molecule has 2 aromatic heterocycles. The maximum absolute atomic E-state index is 13.1. The number of benzene rings is 1. The van der Waals surface area contributed by atoms with Crippen LogP contribution >= 0.6 is 23.7 Å². The molecule has 0 N–H and O–H groups in total. The molecule has 0 bridgehead atoms. The van der Waals surface area contributed by atoms with Crippen molar-refractivity contribution < 1.29 is 4.79 Å². The maximum Gasteiger partial charge on any atom is 0.280 e. The van der Waals surface area contributed by atoms with Gasteiger partial charge in [0.1, 0.15) is 0 Å². The van der Waals surface area contributed by atoms with Crippen LogP contribution in [0, 0.1) is 6.92 Å². The van der Waals surface area contributed by atoms with Gasteiger partial charge >= 0.3 is 0 Å². The van der Waals surface area contributed by atoms with Gasteiger partial charge in [-0.15, -0.1) is 12.4 Å². The fraction of sp³-hybridized carbons (Fsp3) is 0.421. The number of hydrogen-bond donors (Lipinski definition) is 0. The zero-order chi connectivity index (χ0) is 18.7. The predicted octanol–water partition coefficient (Wildman–Crippen LogP) is 3.84. The molecular weight excluding hydrogens is 382 g/mol. The van der Waals surface area contributed by atoms with E-state index in [0.29, 0.717) is 12.2 Å². The van der Waals surface area contributed by atoms with E-state index in [2.05, 4.69) is 23.0 Å². The molecule has 3 rings (SSSR count). The molecule has 8 heteroatoms. The van der Waals surface area contributed by atoms with Crippen LogP contribution in [0.5, 0.6) is 0 Å². The summed E-state index contributed by atoms with van der Waals surface area (Å²) >= 11 is 1.56. The third-order valence-corrected chi connectivity index (χ3v) is 5.22. The number of thiazole rings is 1.